The van der Waals surface area contributed by atoms with Crippen molar-refractivity contribution in [2.24, 2.45) is 5.92 Å². The third-order valence-electron chi connectivity index (χ3n) is 3.15. The van der Waals surface area contributed by atoms with Gasteiger partial charge in [0.2, 0.25) is 5.88 Å². The van der Waals surface area contributed by atoms with Crippen LogP contribution in [0.5, 0.6) is 5.88 Å². The summed E-state index contributed by atoms with van der Waals surface area (Å²) in [5.41, 5.74) is 1.12. The number of aliphatic hydroxyl groups is 1. The van der Waals surface area contributed by atoms with E-state index in [-0.39, 0.29) is 6.10 Å². The van der Waals surface area contributed by atoms with Crippen molar-refractivity contribution >= 4 is 5.69 Å². The van der Waals surface area contributed by atoms with Gasteiger partial charge >= 0.3 is 0 Å². The van der Waals surface area contributed by atoms with Crippen LogP contribution in [-0.4, -0.2) is 36.4 Å². The maximum atomic E-state index is 9.68. The molecule has 1 aliphatic rings. The van der Waals surface area contributed by atoms with Crippen LogP contribution in [-0.2, 0) is 0 Å². The van der Waals surface area contributed by atoms with Crippen molar-refractivity contribution in [1.29, 1.82) is 0 Å². The number of hydrogen-bond acceptors (Lipinski definition) is 4. The highest BCUT2D eigenvalue weighted by atomic mass is 16.5. The first-order valence-electron chi connectivity index (χ1n) is 5.63. The first-order chi connectivity index (χ1) is 7.70. The number of hydrogen-bond donors (Lipinski definition) is 1. The Kier molecular flexibility index (Phi) is 3.29. The number of ether oxygens (including phenoxy) is 1. The molecule has 1 aromatic heterocycles. The van der Waals surface area contributed by atoms with Crippen molar-refractivity contribution in [3.8, 4) is 5.88 Å². The average molecular weight is 222 g/mol. The predicted molar refractivity (Wildman–Crippen MR) is 62.8 cm³/mol. The van der Waals surface area contributed by atoms with Crippen molar-refractivity contribution in [3.63, 3.8) is 0 Å². The number of aliphatic hydroxyl groups excluding tert-OH is 1. The van der Waals surface area contributed by atoms with Gasteiger partial charge in [-0.2, -0.15) is 0 Å². The minimum atomic E-state index is -0.167. The van der Waals surface area contributed by atoms with Gasteiger partial charge in [-0.1, -0.05) is 6.92 Å². The van der Waals surface area contributed by atoms with Gasteiger partial charge in [0.05, 0.1) is 13.2 Å². The van der Waals surface area contributed by atoms with Crippen LogP contribution in [0.25, 0.3) is 0 Å². The van der Waals surface area contributed by atoms with Crippen LogP contribution in [0.15, 0.2) is 18.3 Å². The van der Waals surface area contributed by atoms with Gasteiger partial charge in [-0.05, 0) is 18.4 Å². The maximum Gasteiger partial charge on any atom is 0.214 e. The normalized spacial score (nSPS) is 25.6. The van der Waals surface area contributed by atoms with Crippen LogP contribution < -0.4 is 9.64 Å². The summed E-state index contributed by atoms with van der Waals surface area (Å²) in [6.07, 6.45) is 2.41. The SMILES string of the molecule is COc1cc(N2CCC(O)C(C)C2)ccn1. The zero-order chi connectivity index (χ0) is 11.5. The Balaban J connectivity index is 2.12. The Morgan fingerprint density at radius 1 is 1.56 bits per heavy atom. The first-order valence-corrected chi connectivity index (χ1v) is 5.63. The number of aromatic nitrogens is 1. The smallest absolute Gasteiger partial charge is 0.214 e. The molecule has 0 amide bonds. The summed E-state index contributed by atoms with van der Waals surface area (Å²) in [4.78, 5) is 6.35. The standard InChI is InChI=1S/C12H18N2O2/c1-9-8-14(6-4-11(9)15)10-3-5-13-12(7-10)16-2/h3,5,7,9,11,15H,4,6,8H2,1-2H3. The van der Waals surface area contributed by atoms with Gasteiger partial charge in [-0.15, -0.1) is 0 Å². The average Bonchev–Trinajstić information content (AvgIpc) is 2.33. The Hall–Kier alpha value is -1.29. The number of pyridine rings is 1. The number of piperidine rings is 1. The van der Waals surface area contributed by atoms with E-state index in [1.54, 1.807) is 13.3 Å². The molecule has 2 unspecified atom stereocenters. The zero-order valence-electron chi connectivity index (χ0n) is 9.76. The second kappa shape index (κ2) is 4.70. The molecule has 88 valence electrons. The van der Waals surface area contributed by atoms with E-state index in [1.807, 2.05) is 12.1 Å². The lowest BCUT2D eigenvalue weighted by Gasteiger charge is -2.35. The Morgan fingerprint density at radius 2 is 2.38 bits per heavy atom. The Labute approximate surface area is 95.9 Å². The van der Waals surface area contributed by atoms with E-state index in [0.717, 1.165) is 25.2 Å². The molecule has 2 atom stereocenters. The molecule has 1 saturated heterocycles. The van der Waals surface area contributed by atoms with Gasteiger partial charge in [-0.3, -0.25) is 0 Å². The third-order valence-corrected chi connectivity index (χ3v) is 3.15. The minimum absolute atomic E-state index is 0.167. The van der Waals surface area contributed by atoms with E-state index < -0.39 is 0 Å². The molecule has 1 aliphatic heterocycles. The van der Waals surface area contributed by atoms with Crippen molar-refractivity contribution < 1.29 is 9.84 Å². The summed E-state index contributed by atoms with van der Waals surface area (Å²) in [7, 11) is 1.62. The highest BCUT2D eigenvalue weighted by molar-refractivity contribution is 5.48. The Bertz CT molecular complexity index is 357. The van der Waals surface area contributed by atoms with Crippen molar-refractivity contribution in [3.05, 3.63) is 18.3 Å². The molecule has 16 heavy (non-hydrogen) atoms. The summed E-state index contributed by atoms with van der Waals surface area (Å²) in [5, 5.41) is 9.68. The van der Waals surface area contributed by atoms with Crippen LogP contribution in [0.3, 0.4) is 0 Å². The summed E-state index contributed by atoms with van der Waals surface area (Å²) in [6, 6.07) is 3.91. The lowest BCUT2D eigenvalue weighted by atomic mass is 9.96. The predicted octanol–water partition coefficient (Wildman–Crippen LogP) is 1.30. The van der Waals surface area contributed by atoms with Crippen molar-refractivity contribution in [2.75, 3.05) is 25.1 Å². The molecular weight excluding hydrogens is 204 g/mol. The second-order valence-electron chi connectivity index (χ2n) is 4.34. The number of methoxy groups -OCH3 is 1. The molecule has 2 rings (SSSR count). The van der Waals surface area contributed by atoms with Crippen LogP contribution >= 0.6 is 0 Å². The molecule has 0 saturated carbocycles. The van der Waals surface area contributed by atoms with Gasteiger partial charge < -0.3 is 14.7 Å². The molecular formula is C12H18N2O2. The van der Waals surface area contributed by atoms with E-state index in [0.29, 0.717) is 11.8 Å². The zero-order valence-corrected chi connectivity index (χ0v) is 9.76. The summed E-state index contributed by atoms with van der Waals surface area (Å²) >= 11 is 0. The third kappa shape index (κ3) is 2.27. The minimum Gasteiger partial charge on any atom is -0.481 e. The highest BCUT2D eigenvalue weighted by Gasteiger charge is 2.24. The Morgan fingerprint density at radius 3 is 3.06 bits per heavy atom. The molecule has 2 heterocycles. The van der Waals surface area contributed by atoms with Gasteiger partial charge in [0, 0.05) is 31.0 Å². The van der Waals surface area contributed by atoms with Crippen LogP contribution in [0.4, 0.5) is 5.69 Å². The molecule has 0 bridgehead atoms. The van der Waals surface area contributed by atoms with E-state index in [2.05, 4.69) is 16.8 Å². The molecule has 4 heteroatoms. The van der Waals surface area contributed by atoms with E-state index in [1.165, 1.54) is 0 Å². The molecule has 1 aromatic rings. The monoisotopic (exact) mass is 222 g/mol. The molecule has 4 nitrogen and oxygen atoms in total. The second-order valence-corrected chi connectivity index (χ2v) is 4.34. The fourth-order valence-electron chi connectivity index (χ4n) is 2.08. The highest BCUT2D eigenvalue weighted by Crippen LogP contribution is 2.24. The molecule has 0 aliphatic carbocycles. The van der Waals surface area contributed by atoms with Crippen LogP contribution in [0.1, 0.15) is 13.3 Å². The lowest BCUT2D eigenvalue weighted by Crippen LogP contribution is -2.41. The molecule has 0 aromatic carbocycles. The molecule has 1 N–H and O–H groups in total. The van der Waals surface area contributed by atoms with Gasteiger partial charge in [0.15, 0.2) is 0 Å². The summed E-state index contributed by atoms with van der Waals surface area (Å²) in [6.45, 7) is 3.85. The fourth-order valence-corrected chi connectivity index (χ4v) is 2.08. The van der Waals surface area contributed by atoms with Crippen LogP contribution in [0, 0.1) is 5.92 Å². The number of rotatable bonds is 2. The number of anilines is 1. The lowest BCUT2D eigenvalue weighted by molar-refractivity contribution is 0.0971. The molecule has 1 fully saturated rings. The van der Waals surface area contributed by atoms with Crippen LogP contribution in [0.2, 0.25) is 0 Å². The molecule has 0 spiro atoms. The maximum absolute atomic E-state index is 9.68. The van der Waals surface area contributed by atoms with Gasteiger partial charge in [0.1, 0.15) is 0 Å². The van der Waals surface area contributed by atoms with E-state index in [4.69, 9.17) is 4.74 Å². The summed E-state index contributed by atoms with van der Waals surface area (Å²) in [5.74, 6) is 0.948. The van der Waals surface area contributed by atoms with E-state index >= 15 is 0 Å². The fraction of sp³-hybridized carbons (Fsp3) is 0.583. The first kappa shape index (κ1) is 11.2. The quantitative estimate of drug-likeness (QED) is 0.819. The van der Waals surface area contributed by atoms with Crippen molar-refractivity contribution in [2.45, 2.75) is 19.4 Å². The summed E-state index contributed by atoms with van der Waals surface area (Å²) < 4.78 is 5.11. The van der Waals surface area contributed by atoms with Gasteiger partial charge in [-0.25, -0.2) is 4.98 Å². The number of nitrogens with zero attached hydrogens (tertiary/aromatic N) is 2. The topological polar surface area (TPSA) is 45.6 Å². The molecule has 0 radical (unpaired) electrons. The van der Waals surface area contributed by atoms with Gasteiger partial charge in [0.25, 0.3) is 0 Å². The van der Waals surface area contributed by atoms with E-state index in [9.17, 15) is 5.11 Å². The van der Waals surface area contributed by atoms with Crippen molar-refractivity contribution in [1.82, 2.24) is 4.98 Å². The largest absolute Gasteiger partial charge is 0.481 e.